The van der Waals surface area contributed by atoms with Crippen molar-refractivity contribution in [2.24, 2.45) is 40.4 Å². The van der Waals surface area contributed by atoms with Crippen molar-refractivity contribution < 1.29 is 32.5 Å². The van der Waals surface area contributed by atoms with Crippen LogP contribution in [0.1, 0.15) is 71.6 Å². The summed E-state index contributed by atoms with van der Waals surface area (Å²) in [4.78, 5) is 15.0. The van der Waals surface area contributed by atoms with Crippen LogP contribution < -0.4 is 4.74 Å². The predicted octanol–water partition coefficient (Wildman–Crippen LogP) is 5.94. The molecular weight excluding hydrogens is 523 g/mol. The normalized spacial score (nSPS) is 39.4. The molecule has 4 aliphatic rings. The molecule has 1 aromatic heterocycles. The fourth-order valence-electron chi connectivity index (χ4n) is 9.77. The van der Waals surface area contributed by atoms with Gasteiger partial charge < -0.3 is 14.6 Å². The molecule has 0 aliphatic heterocycles. The van der Waals surface area contributed by atoms with Crippen molar-refractivity contribution in [3.8, 4) is 5.75 Å². The summed E-state index contributed by atoms with van der Waals surface area (Å²) in [5.74, 6) is 1.73. The van der Waals surface area contributed by atoms with E-state index >= 15 is 0 Å². The van der Waals surface area contributed by atoms with Crippen LogP contribution in [-0.2, 0) is 16.1 Å². The number of nitrogens with zero attached hydrogens (tertiary/aromatic N) is 3. The number of benzene rings is 1. The molecule has 1 aromatic carbocycles. The van der Waals surface area contributed by atoms with E-state index in [1.165, 1.54) is 23.0 Å². The van der Waals surface area contributed by atoms with Gasteiger partial charge in [0, 0.05) is 19.1 Å². The zero-order valence-corrected chi connectivity index (χ0v) is 23.5. The van der Waals surface area contributed by atoms with Crippen LogP contribution in [0.25, 0.3) is 11.0 Å². The van der Waals surface area contributed by atoms with Gasteiger partial charge in [-0.05, 0) is 111 Å². The molecule has 0 unspecified atom stereocenters. The molecule has 4 fully saturated rings. The Balaban J connectivity index is 1.19. The molecule has 40 heavy (non-hydrogen) atoms. The van der Waals surface area contributed by atoms with Gasteiger partial charge in [-0.2, -0.15) is 15.0 Å². The van der Waals surface area contributed by atoms with Crippen molar-refractivity contribution in [3.05, 3.63) is 18.2 Å². The highest BCUT2D eigenvalue weighted by Crippen LogP contribution is 2.68. The third kappa shape index (κ3) is 4.72. The summed E-state index contributed by atoms with van der Waals surface area (Å²) >= 11 is 0. The van der Waals surface area contributed by atoms with Gasteiger partial charge in [0.15, 0.2) is 5.78 Å². The predicted molar refractivity (Wildman–Crippen MR) is 141 cm³/mol. The summed E-state index contributed by atoms with van der Waals surface area (Å²) in [6.45, 7) is 5.04. The average Bonchev–Trinajstić information content (AvgIpc) is 3.42. The lowest BCUT2D eigenvalue weighted by atomic mass is 9.43. The van der Waals surface area contributed by atoms with Gasteiger partial charge in [0.1, 0.15) is 23.3 Å². The zero-order chi connectivity index (χ0) is 28.5. The number of aliphatic hydroxyl groups is 1. The smallest absolute Gasteiger partial charge is 0.406 e. The fraction of sp³-hybridized carbons (Fsp3) is 0.767. The molecule has 0 radical (unpaired) electrons. The fourth-order valence-corrected chi connectivity index (χ4v) is 9.77. The highest BCUT2D eigenvalue weighted by molar-refractivity contribution is 5.82. The molecule has 0 saturated heterocycles. The minimum absolute atomic E-state index is 0.00990. The molecule has 220 valence electrons. The summed E-state index contributed by atoms with van der Waals surface area (Å²) in [5, 5.41) is 19.5. The third-order valence-electron chi connectivity index (χ3n) is 11.4. The number of hydrogen-bond donors (Lipinski definition) is 1. The Morgan fingerprint density at radius 1 is 1.05 bits per heavy atom. The second-order valence-electron chi connectivity index (χ2n) is 13.6. The maximum Gasteiger partial charge on any atom is 0.573 e. The number of Topliss-reactive ketones (excluding diaryl/α,β-unsaturated/α-hetero) is 1. The van der Waals surface area contributed by atoms with Crippen LogP contribution in [0.2, 0.25) is 0 Å². The number of fused-ring (bicyclic) bond motifs is 6. The second-order valence-corrected chi connectivity index (χ2v) is 13.6. The number of methoxy groups -OCH3 is 1. The molecule has 0 amide bonds. The quantitative estimate of drug-likeness (QED) is 0.469. The molecule has 6 rings (SSSR count). The molecule has 0 bridgehead atoms. The molecule has 0 spiro atoms. The third-order valence-corrected chi connectivity index (χ3v) is 11.4. The van der Waals surface area contributed by atoms with E-state index in [0.29, 0.717) is 29.2 Å². The number of ketones is 1. The number of carbonyl (C=O) groups is 1. The monoisotopic (exact) mass is 563 g/mol. The Labute approximate surface area is 232 Å². The van der Waals surface area contributed by atoms with Crippen molar-refractivity contribution in [2.75, 3.05) is 13.7 Å². The van der Waals surface area contributed by atoms with Gasteiger partial charge in [-0.15, -0.1) is 13.2 Å². The van der Waals surface area contributed by atoms with E-state index in [4.69, 9.17) is 4.74 Å². The van der Waals surface area contributed by atoms with Crippen LogP contribution in [0.4, 0.5) is 13.2 Å². The van der Waals surface area contributed by atoms with Crippen molar-refractivity contribution in [2.45, 2.75) is 90.1 Å². The molecule has 7 nitrogen and oxygen atoms in total. The number of rotatable bonds is 6. The summed E-state index contributed by atoms with van der Waals surface area (Å²) in [7, 11) is 1.80. The first kappa shape index (κ1) is 27.9. The van der Waals surface area contributed by atoms with Crippen LogP contribution in [0, 0.1) is 40.4 Å². The van der Waals surface area contributed by atoms with Crippen LogP contribution in [0.15, 0.2) is 18.2 Å². The second kappa shape index (κ2) is 9.68. The molecule has 8 atom stereocenters. The van der Waals surface area contributed by atoms with Gasteiger partial charge in [-0.25, -0.2) is 0 Å². The highest BCUT2D eigenvalue weighted by Gasteiger charge is 2.63. The molecule has 10 heteroatoms. The van der Waals surface area contributed by atoms with E-state index in [1.54, 1.807) is 7.11 Å². The minimum atomic E-state index is -4.79. The molecule has 1 heterocycles. The van der Waals surface area contributed by atoms with Gasteiger partial charge in [-0.3, -0.25) is 4.79 Å². The largest absolute Gasteiger partial charge is 0.573 e. The Hall–Kier alpha value is -2.20. The maximum atomic E-state index is 13.7. The van der Waals surface area contributed by atoms with Crippen molar-refractivity contribution in [3.63, 3.8) is 0 Å². The summed E-state index contributed by atoms with van der Waals surface area (Å²) < 4.78 is 47.7. The van der Waals surface area contributed by atoms with Crippen molar-refractivity contribution >= 4 is 16.8 Å². The number of alkyl halides is 3. The van der Waals surface area contributed by atoms with Gasteiger partial charge in [-0.1, -0.05) is 6.92 Å². The van der Waals surface area contributed by atoms with Gasteiger partial charge in [0.2, 0.25) is 0 Å². The standard InChI is InChI=1S/C30H40F3N3O4/c1-27(38)12-13-29(17-39-3)18(15-27)4-6-20-21-7-8-23(28(21,2)11-10-22(20)29)26(37)16-36-34-24-9-5-19(14-25(24)35-36)40-30(31,32)33/h5,9,14,18,20-23,38H,4,6-8,10-13,15-17H2,1-3H3/t18-,20+,21+,22+,23-,27-,28+,29-/m1/s1. The van der Waals surface area contributed by atoms with Crippen molar-refractivity contribution in [1.82, 2.24) is 15.0 Å². The molecular formula is C30H40F3N3O4. The van der Waals surface area contributed by atoms with Gasteiger partial charge in [0.25, 0.3) is 0 Å². The van der Waals surface area contributed by atoms with E-state index in [2.05, 4.69) is 21.9 Å². The molecule has 4 saturated carbocycles. The molecule has 4 aliphatic carbocycles. The van der Waals surface area contributed by atoms with E-state index in [-0.39, 0.29) is 40.3 Å². The van der Waals surface area contributed by atoms with E-state index in [1.807, 2.05) is 6.92 Å². The van der Waals surface area contributed by atoms with E-state index < -0.39 is 12.0 Å². The average molecular weight is 564 g/mol. The first-order valence-corrected chi connectivity index (χ1v) is 14.7. The van der Waals surface area contributed by atoms with Crippen LogP contribution >= 0.6 is 0 Å². The summed E-state index contributed by atoms with van der Waals surface area (Å²) in [6, 6.07) is 3.83. The first-order valence-electron chi connectivity index (χ1n) is 14.7. The number of carbonyl (C=O) groups excluding carboxylic acids is 1. The Bertz CT molecular complexity index is 1280. The van der Waals surface area contributed by atoms with Gasteiger partial charge in [0.05, 0.1) is 12.2 Å². The summed E-state index contributed by atoms with van der Waals surface area (Å²) in [6.07, 6.45) is 4.08. The summed E-state index contributed by atoms with van der Waals surface area (Å²) in [5.41, 5.74) is 0.111. The lowest BCUT2D eigenvalue weighted by Gasteiger charge is -2.62. The Morgan fingerprint density at radius 2 is 1.82 bits per heavy atom. The lowest BCUT2D eigenvalue weighted by molar-refractivity contribution is -0.274. The topological polar surface area (TPSA) is 86.5 Å². The minimum Gasteiger partial charge on any atom is -0.406 e. The van der Waals surface area contributed by atoms with Crippen LogP contribution in [-0.4, -0.2) is 51.6 Å². The lowest BCUT2D eigenvalue weighted by Crippen LogP contribution is -2.58. The van der Waals surface area contributed by atoms with Crippen molar-refractivity contribution in [1.29, 1.82) is 0 Å². The van der Waals surface area contributed by atoms with Crippen LogP contribution in [0.5, 0.6) is 5.75 Å². The maximum absolute atomic E-state index is 13.7. The molecule has 1 N–H and O–H groups in total. The zero-order valence-electron chi connectivity index (χ0n) is 23.5. The first-order chi connectivity index (χ1) is 18.8. The number of halogens is 3. The SMILES string of the molecule is COC[C@]12CC[C@@](C)(O)C[C@H]1CC[C@H]1[C@@H]3CC[C@H](C(=O)Cn4nc5ccc(OC(F)(F)F)cc5n4)[C@@]3(C)CC[C@@H]12. The van der Waals surface area contributed by atoms with Gasteiger partial charge >= 0.3 is 6.36 Å². The van der Waals surface area contributed by atoms with Crippen LogP contribution in [0.3, 0.4) is 0 Å². The molecule has 2 aromatic rings. The number of aromatic nitrogens is 3. The van der Waals surface area contributed by atoms with E-state index in [9.17, 15) is 23.1 Å². The number of ether oxygens (including phenoxy) is 2. The Kier molecular flexibility index (Phi) is 6.76. The Morgan fingerprint density at radius 3 is 2.58 bits per heavy atom. The number of hydrogen-bond acceptors (Lipinski definition) is 6. The highest BCUT2D eigenvalue weighted by atomic mass is 19.4. The van der Waals surface area contributed by atoms with E-state index in [0.717, 1.165) is 64.4 Å².